The maximum atomic E-state index is 5.91. The zero-order valence-electron chi connectivity index (χ0n) is 13.0. The van der Waals surface area contributed by atoms with Gasteiger partial charge in [-0.25, -0.2) is 0 Å². The normalized spacial score (nSPS) is 13.8. The van der Waals surface area contributed by atoms with Gasteiger partial charge in [-0.15, -0.1) is 0 Å². The Morgan fingerprint density at radius 3 is 1.11 bits per heavy atom. The number of hydrogen-bond donors (Lipinski definition) is 0. The van der Waals surface area contributed by atoms with Crippen molar-refractivity contribution in [3.05, 3.63) is 11.9 Å². The van der Waals surface area contributed by atoms with E-state index in [1.54, 1.807) is 0 Å². The predicted molar refractivity (Wildman–Crippen MR) is 79.1 cm³/mol. The van der Waals surface area contributed by atoms with Gasteiger partial charge in [-0.3, -0.25) is 0 Å². The van der Waals surface area contributed by atoms with Gasteiger partial charge in [-0.1, -0.05) is 0 Å². The topological polar surface area (TPSA) is 36.9 Å². The lowest BCUT2D eigenvalue weighted by Crippen LogP contribution is -2.30. The molecule has 18 heavy (non-hydrogen) atoms. The molecule has 0 heterocycles. The van der Waals surface area contributed by atoms with E-state index in [2.05, 4.69) is 39.3 Å². The Morgan fingerprint density at radius 1 is 0.667 bits per heavy atom. The molecule has 0 fully saturated rings. The fraction of sp³-hybridized carbons (Fsp3) is 0.833. The third-order valence-corrected chi connectivity index (χ3v) is 3.11. The molecule has 0 spiro atoms. The Balaban J connectivity index is 5.14. The van der Waals surface area contributed by atoms with Gasteiger partial charge in [0.1, 0.15) is 0 Å². The maximum absolute atomic E-state index is 5.91. The Labute approximate surface area is 114 Å². The van der Waals surface area contributed by atoms with Crippen LogP contribution in [0.5, 0.6) is 0 Å². The van der Waals surface area contributed by atoms with Gasteiger partial charge in [-0.05, 0) is 53.1 Å². The largest absolute Gasteiger partial charge is 0.515 e. The summed E-state index contributed by atoms with van der Waals surface area (Å²) in [6.07, 6.45) is 0. The molecule has 0 saturated heterocycles. The van der Waals surface area contributed by atoms with Gasteiger partial charge in [0, 0.05) is 0 Å². The van der Waals surface area contributed by atoms with Crippen LogP contribution in [-0.2, 0) is 18.3 Å². The molecule has 0 N–H and O–H groups in total. The molecular formula is C12H28O4Si2. The SMILES string of the molecule is CCOC(O[Si](C)(C)C)=C(OCC)O[Si](C)(C)C. The van der Waals surface area contributed by atoms with Crippen molar-refractivity contribution < 1.29 is 18.3 Å². The summed E-state index contributed by atoms with van der Waals surface area (Å²) in [5.41, 5.74) is 0. The first-order valence-corrected chi connectivity index (χ1v) is 13.3. The van der Waals surface area contributed by atoms with Crippen molar-refractivity contribution in [2.75, 3.05) is 13.2 Å². The van der Waals surface area contributed by atoms with Gasteiger partial charge in [-0.2, -0.15) is 0 Å². The molecule has 0 amide bonds. The Bertz CT molecular complexity index is 249. The van der Waals surface area contributed by atoms with Crippen LogP contribution in [0.25, 0.3) is 0 Å². The van der Waals surface area contributed by atoms with Crippen molar-refractivity contribution in [1.82, 2.24) is 0 Å². The van der Waals surface area contributed by atoms with Crippen molar-refractivity contribution in [3.63, 3.8) is 0 Å². The highest BCUT2D eigenvalue weighted by atomic mass is 28.4. The first kappa shape index (κ1) is 17.4. The summed E-state index contributed by atoms with van der Waals surface area (Å²) in [4.78, 5) is 0. The summed E-state index contributed by atoms with van der Waals surface area (Å²) >= 11 is 0. The molecule has 6 heteroatoms. The minimum absolute atomic E-state index is 0.404. The molecule has 0 bridgehead atoms. The highest BCUT2D eigenvalue weighted by Gasteiger charge is 2.27. The van der Waals surface area contributed by atoms with E-state index < -0.39 is 16.6 Å². The Hall–Kier alpha value is -0.626. The number of hydrogen-bond acceptors (Lipinski definition) is 4. The molecule has 0 aromatic carbocycles. The zero-order chi connectivity index (χ0) is 14.4. The van der Waals surface area contributed by atoms with Crippen LogP contribution < -0.4 is 0 Å². The highest BCUT2D eigenvalue weighted by Crippen LogP contribution is 2.21. The van der Waals surface area contributed by atoms with E-state index in [0.29, 0.717) is 25.1 Å². The second kappa shape index (κ2) is 7.08. The Morgan fingerprint density at radius 2 is 0.944 bits per heavy atom. The fourth-order valence-corrected chi connectivity index (χ4v) is 2.48. The molecule has 0 unspecified atom stereocenters. The smallest absolute Gasteiger partial charge is 0.349 e. The second-order valence-electron chi connectivity index (χ2n) is 5.87. The van der Waals surface area contributed by atoms with Crippen molar-refractivity contribution >= 4 is 16.6 Å². The number of rotatable bonds is 8. The number of ether oxygens (including phenoxy) is 2. The van der Waals surface area contributed by atoms with E-state index in [0.717, 1.165) is 0 Å². The lowest BCUT2D eigenvalue weighted by Gasteiger charge is -2.26. The van der Waals surface area contributed by atoms with Crippen molar-refractivity contribution in [1.29, 1.82) is 0 Å². The quantitative estimate of drug-likeness (QED) is 0.502. The van der Waals surface area contributed by atoms with Crippen LogP contribution in [0, 0.1) is 0 Å². The molecule has 0 aromatic rings. The highest BCUT2D eigenvalue weighted by molar-refractivity contribution is 6.70. The monoisotopic (exact) mass is 292 g/mol. The molecule has 0 saturated carbocycles. The van der Waals surface area contributed by atoms with Gasteiger partial charge in [0.2, 0.25) is 16.6 Å². The third-order valence-electron chi connectivity index (χ3n) is 1.52. The van der Waals surface area contributed by atoms with E-state index in [-0.39, 0.29) is 0 Å². The van der Waals surface area contributed by atoms with Gasteiger partial charge < -0.3 is 18.3 Å². The molecule has 108 valence electrons. The molecular weight excluding hydrogens is 264 g/mol. The van der Waals surface area contributed by atoms with E-state index in [1.807, 2.05) is 13.8 Å². The minimum atomic E-state index is -1.75. The summed E-state index contributed by atoms with van der Waals surface area (Å²) < 4.78 is 22.9. The first-order valence-electron chi connectivity index (χ1n) is 6.47. The average molecular weight is 293 g/mol. The summed E-state index contributed by atoms with van der Waals surface area (Å²) in [6.45, 7) is 17.5. The Kier molecular flexibility index (Phi) is 6.84. The van der Waals surface area contributed by atoms with Crippen LogP contribution in [0.2, 0.25) is 39.3 Å². The van der Waals surface area contributed by atoms with E-state index >= 15 is 0 Å². The van der Waals surface area contributed by atoms with Crippen LogP contribution in [-0.4, -0.2) is 29.8 Å². The van der Waals surface area contributed by atoms with Gasteiger partial charge >= 0.3 is 11.9 Å². The van der Waals surface area contributed by atoms with Gasteiger partial charge in [0.15, 0.2) is 0 Å². The first-order chi connectivity index (χ1) is 8.09. The molecule has 0 aliphatic rings. The molecule has 0 radical (unpaired) electrons. The molecule has 0 rings (SSSR count). The predicted octanol–water partition coefficient (Wildman–Crippen LogP) is 3.89. The summed E-state index contributed by atoms with van der Waals surface area (Å²) in [7, 11) is -3.50. The maximum Gasteiger partial charge on any atom is 0.349 e. The van der Waals surface area contributed by atoms with E-state index in [1.165, 1.54) is 0 Å². The van der Waals surface area contributed by atoms with E-state index in [4.69, 9.17) is 18.3 Å². The molecule has 0 aromatic heterocycles. The van der Waals surface area contributed by atoms with Crippen LogP contribution in [0.1, 0.15) is 13.8 Å². The lowest BCUT2D eigenvalue weighted by molar-refractivity contribution is 0.0269. The van der Waals surface area contributed by atoms with Crippen LogP contribution >= 0.6 is 0 Å². The lowest BCUT2D eigenvalue weighted by atomic mass is 10.8. The third kappa shape index (κ3) is 8.46. The molecule has 0 atom stereocenters. The fourth-order valence-electron chi connectivity index (χ4n) is 1.08. The van der Waals surface area contributed by atoms with E-state index in [9.17, 15) is 0 Å². The second-order valence-corrected chi connectivity index (χ2v) is 14.7. The average Bonchev–Trinajstić information content (AvgIpc) is 2.12. The van der Waals surface area contributed by atoms with Crippen LogP contribution in [0.3, 0.4) is 0 Å². The van der Waals surface area contributed by atoms with Crippen LogP contribution in [0.4, 0.5) is 0 Å². The molecule has 0 aliphatic carbocycles. The summed E-state index contributed by atoms with van der Waals surface area (Å²) in [5.74, 6) is 0.807. The molecule has 0 aliphatic heterocycles. The summed E-state index contributed by atoms with van der Waals surface area (Å²) in [6, 6.07) is 0. The zero-order valence-corrected chi connectivity index (χ0v) is 15.0. The van der Waals surface area contributed by atoms with Gasteiger partial charge in [0.05, 0.1) is 13.2 Å². The van der Waals surface area contributed by atoms with Crippen molar-refractivity contribution in [2.45, 2.75) is 53.1 Å². The van der Waals surface area contributed by atoms with Crippen molar-refractivity contribution in [2.24, 2.45) is 0 Å². The van der Waals surface area contributed by atoms with Crippen LogP contribution in [0.15, 0.2) is 11.9 Å². The molecule has 4 nitrogen and oxygen atoms in total. The minimum Gasteiger partial charge on any atom is -0.515 e. The van der Waals surface area contributed by atoms with Gasteiger partial charge in [0.25, 0.3) is 0 Å². The summed E-state index contributed by atoms with van der Waals surface area (Å²) in [5, 5.41) is 0. The standard InChI is InChI=1S/C12H28O4Si2/c1-9-13-11(15-17(3,4)5)12(14-10-2)16-18(6,7)8/h9-10H2,1-8H3. The van der Waals surface area contributed by atoms with Crippen molar-refractivity contribution in [3.8, 4) is 0 Å².